The molecule has 0 atom stereocenters. The van der Waals surface area contributed by atoms with Crippen LogP contribution in [0.15, 0.2) is 133 Å². The smallest absolute Gasteiger partial charge is 0.195 e. The van der Waals surface area contributed by atoms with Crippen molar-refractivity contribution in [2.75, 3.05) is 0 Å². The summed E-state index contributed by atoms with van der Waals surface area (Å²) in [6.45, 7) is 0. The Morgan fingerprint density at radius 2 is 0.480 bits per heavy atom. The van der Waals surface area contributed by atoms with E-state index in [9.17, 15) is 0 Å². The van der Waals surface area contributed by atoms with Gasteiger partial charge in [0.05, 0.1) is 22.3 Å². The number of halogens is 8. The summed E-state index contributed by atoms with van der Waals surface area (Å²) in [5.74, 6) is -13.9. The van der Waals surface area contributed by atoms with E-state index < -0.39 is 68.8 Å². The normalized spacial score (nSPS) is 11.2. The molecular weight excluding hydrogens is 656 g/mol. The molecule has 0 saturated carbocycles. The molecule has 0 saturated heterocycles. The molecule has 0 spiro atoms. The molecule has 0 aliphatic heterocycles. The molecule has 0 aromatic heterocycles. The molecule has 0 fully saturated rings. The average Bonchev–Trinajstić information content (AvgIpc) is 3.15. The van der Waals surface area contributed by atoms with Crippen LogP contribution in [0.1, 0.15) is 0 Å². The lowest BCUT2D eigenvalue weighted by atomic mass is 9.83. The third-order valence-corrected chi connectivity index (χ3v) is 8.52. The summed E-state index contributed by atoms with van der Waals surface area (Å²) in [6, 6.07) is 32.5. The van der Waals surface area contributed by atoms with Crippen molar-refractivity contribution in [2.45, 2.75) is 0 Å². The number of benzene rings is 7. The van der Waals surface area contributed by atoms with Crippen LogP contribution in [-0.2, 0) is 0 Å². The molecule has 0 nitrogen and oxygen atoms in total. The number of hydrogen-bond acceptors (Lipinski definition) is 0. The average molecular weight is 679 g/mol. The lowest BCUT2D eigenvalue weighted by Gasteiger charge is -2.21. The molecule has 0 aliphatic rings. The van der Waals surface area contributed by atoms with Crippen LogP contribution < -0.4 is 0 Å². The first kappa shape index (κ1) is 32.5. The molecule has 7 aromatic rings. The second kappa shape index (κ2) is 13.1. The summed E-state index contributed by atoms with van der Waals surface area (Å²) in [5.41, 5.74) is -3.86. The molecule has 8 heteroatoms. The maximum Gasteiger partial charge on any atom is 0.195 e. The zero-order valence-corrected chi connectivity index (χ0v) is 25.7. The van der Waals surface area contributed by atoms with Crippen molar-refractivity contribution in [1.29, 1.82) is 0 Å². The van der Waals surface area contributed by atoms with Gasteiger partial charge in [0.15, 0.2) is 34.9 Å². The van der Waals surface area contributed by atoms with E-state index in [1.165, 1.54) is 84.9 Å². The summed E-state index contributed by atoms with van der Waals surface area (Å²) >= 11 is 0. The Bertz CT molecular complexity index is 2200. The third kappa shape index (κ3) is 5.43. The van der Waals surface area contributed by atoms with Crippen LogP contribution in [0.2, 0.25) is 0 Å². The van der Waals surface area contributed by atoms with Crippen LogP contribution in [-0.4, -0.2) is 0 Å². The summed E-state index contributed by atoms with van der Waals surface area (Å²) in [4.78, 5) is 0. The highest BCUT2D eigenvalue weighted by atomic mass is 19.2. The van der Waals surface area contributed by atoms with Crippen molar-refractivity contribution in [2.24, 2.45) is 0 Å². The molecule has 0 N–H and O–H groups in total. The fourth-order valence-electron chi connectivity index (χ4n) is 6.18. The quantitative estimate of drug-likeness (QED) is 0.0933. The van der Waals surface area contributed by atoms with Gasteiger partial charge in [0.1, 0.15) is 11.6 Å². The summed E-state index contributed by atoms with van der Waals surface area (Å²) in [6.07, 6.45) is 0. The van der Waals surface area contributed by atoms with Crippen molar-refractivity contribution >= 4 is 0 Å². The molecular formula is C42H22F8. The van der Waals surface area contributed by atoms with E-state index >= 15 is 35.1 Å². The van der Waals surface area contributed by atoms with Crippen LogP contribution in [0.3, 0.4) is 0 Å². The summed E-state index contributed by atoms with van der Waals surface area (Å²) in [7, 11) is 0. The second-order valence-corrected chi connectivity index (χ2v) is 11.4. The monoisotopic (exact) mass is 678 g/mol. The van der Waals surface area contributed by atoms with Gasteiger partial charge in [-0.05, 0) is 56.6 Å². The maximum atomic E-state index is 16.6. The second-order valence-electron chi connectivity index (χ2n) is 11.4. The van der Waals surface area contributed by atoms with E-state index in [1.54, 1.807) is 48.5 Å². The molecule has 50 heavy (non-hydrogen) atoms. The van der Waals surface area contributed by atoms with Gasteiger partial charge in [-0.2, -0.15) is 0 Å². The highest BCUT2D eigenvalue weighted by Crippen LogP contribution is 2.48. The minimum atomic E-state index is -1.94. The Labute approximate surface area is 281 Å². The largest absolute Gasteiger partial charge is 0.205 e. The zero-order valence-electron chi connectivity index (χ0n) is 25.7. The molecule has 0 amide bonds. The minimum absolute atomic E-state index is 0.0621. The highest BCUT2D eigenvalue weighted by Gasteiger charge is 2.32. The number of rotatable bonds is 6. The summed E-state index contributed by atoms with van der Waals surface area (Å²) in [5, 5.41) is 0. The maximum absolute atomic E-state index is 16.6. The Kier molecular flexibility index (Phi) is 8.53. The molecule has 7 aromatic carbocycles. The van der Waals surface area contributed by atoms with Gasteiger partial charge in [-0.15, -0.1) is 0 Å². The van der Waals surface area contributed by atoms with E-state index in [-0.39, 0.29) is 44.5 Å². The first-order chi connectivity index (χ1) is 24.2. The van der Waals surface area contributed by atoms with Gasteiger partial charge in [-0.1, -0.05) is 121 Å². The SMILES string of the molecule is Fc1c(F)c(-c2ccccc2)c(F)c(-c2cc(-c3ccccc3)c(-c3c(F)c(F)c(F)c(-c4ccccc4)c3F)cc2-c2ccccc2)c1F. The topological polar surface area (TPSA) is 0 Å². The van der Waals surface area contributed by atoms with Crippen LogP contribution >= 0.6 is 0 Å². The highest BCUT2D eigenvalue weighted by molar-refractivity contribution is 5.97. The van der Waals surface area contributed by atoms with Crippen molar-refractivity contribution < 1.29 is 35.1 Å². The Morgan fingerprint density at radius 1 is 0.220 bits per heavy atom. The first-order valence-corrected chi connectivity index (χ1v) is 15.3. The number of hydrogen-bond donors (Lipinski definition) is 0. The van der Waals surface area contributed by atoms with E-state index in [0.717, 1.165) is 0 Å². The molecule has 0 aliphatic carbocycles. The van der Waals surface area contributed by atoms with E-state index in [0.29, 0.717) is 0 Å². The molecule has 0 radical (unpaired) electrons. The predicted octanol–water partition coefficient (Wildman–Crippen LogP) is 12.8. The lowest BCUT2D eigenvalue weighted by Crippen LogP contribution is -2.06. The van der Waals surface area contributed by atoms with Crippen LogP contribution in [0.25, 0.3) is 66.8 Å². The van der Waals surface area contributed by atoms with E-state index in [1.807, 2.05) is 0 Å². The van der Waals surface area contributed by atoms with Crippen LogP contribution in [0, 0.1) is 46.5 Å². The predicted molar refractivity (Wildman–Crippen MR) is 179 cm³/mol. The third-order valence-electron chi connectivity index (χ3n) is 8.52. The minimum Gasteiger partial charge on any atom is -0.205 e. The van der Waals surface area contributed by atoms with E-state index in [2.05, 4.69) is 0 Å². The standard InChI is InChI=1S/C42H22F8/c43-35-31(25-17-9-3-10-18-25)37(45)41(49)39(47)33(35)29-22-28(24-15-7-2-8-16-24)30(21-27(29)23-13-5-1-6-14-23)34-36(44)32(26-19-11-4-12-20-26)38(46)42(50)40(34)48/h1-22H. The van der Waals surface area contributed by atoms with Crippen molar-refractivity contribution in [3.63, 3.8) is 0 Å². The summed E-state index contributed by atoms with van der Waals surface area (Å²) < 4.78 is 127. The van der Waals surface area contributed by atoms with Gasteiger partial charge in [0.25, 0.3) is 0 Å². The van der Waals surface area contributed by atoms with Gasteiger partial charge < -0.3 is 0 Å². The Balaban J connectivity index is 1.64. The molecule has 0 unspecified atom stereocenters. The molecule has 7 rings (SSSR count). The molecule has 0 bridgehead atoms. The van der Waals surface area contributed by atoms with Gasteiger partial charge in [-0.3, -0.25) is 0 Å². The lowest BCUT2D eigenvalue weighted by molar-refractivity contribution is 0.440. The Morgan fingerprint density at radius 3 is 0.780 bits per heavy atom. The fraction of sp³-hybridized carbons (Fsp3) is 0. The van der Waals surface area contributed by atoms with Gasteiger partial charge in [-0.25, -0.2) is 35.1 Å². The van der Waals surface area contributed by atoms with Gasteiger partial charge in [0.2, 0.25) is 0 Å². The van der Waals surface area contributed by atoms with Crippen LogP contribution in [0.4, 0.5) is 35.1 Å². The first-order valence-electron chi connectivity index (χ1n) is 15.3. The molecule has 0 heterocycles. The fourth-order valence-corrected chi connectivity index (χ4v) is 6.18. The van der Waals surface area contributed by atoms with Gasteiger partial charge >= 0.3 is 0 Å². The van der Waals surface area contributed by atoms with E-state index in [4.69, 9.17) is 0 Å². The van der Waals surface area contributed by atoms with Crippen LogP contribution in [0.5, 0.6) is 0 Å². The van der Waals surface area contributed by atoms with Crippen molar-refractivity contribution in [3.05, 3.63) is 180 Å². The zero-order chi connectivity index (χ0) is 35.1. The van der Waals surface area contributed by atoms with Crippen molar-refractivity contribution in [1.82, 2.24) is 0 Å². The Hall–Kier alpha value is -6.02. The van der Waals surface area contributed by atoms with Crippen molar-refractivity contribution in [3.8, 4) is 66.8 Å². The van der Waals surface area contributed by atoms with Gasteiger partial charge in [0, 0.05) is 0 Å². The molecule has 246 valence electrons.